The standard InChI is InChI=1S/C30H26N2O4S/c1-17-10-13-23-24(14-17)37-30(31-23)32-26(20-8-5-9-22(16-20)36-2)25(28(34)29(32)35)27(33)21-12-11-18-6-3-4-7-19(18)15-21/h5,8-16,26,33H,3-4,6-7H2,1-2H3/b27-25+. The number of fused-ring (bicyclic) bond motifs is 2. The molecule has 1 aromatic heterocycles. The van der Waals surface area contributed by atoms with Crippen molar-refractivity contribution in [3.63, 3.8) is 0 Å². The number of hydrogen-bond acceptors (Lipinski definition) is 6. The van der Waals surface area contributed by atoms with Crippen molar-refractivity contribution in [2.75, 3.05) is 12.0 Å². The topological polar surface area (TPSA) is 79.7 Å². The Kier molecular flexibility index (Phi) is 5.80. The molecule has 7 heteroatoms. The van der Waals surface area contributed by atoms with Crippen molar-refractivity contribution in [1.29, 1.82) is 0 Å². The number of Topliss-reactive ketones (excluding diaryl/α,β-unsaturated/α-hetero) is 1. The number of amides is 1. The Morgan fingerprint density at radius 2 is 1.84 bits per heavy atom. The monoisotopic (exact) mass is 510 g/mol. The summed E-state index contributed by atoms with van der Waals surface area (Å²) in [6.07, 6.45) is 4.21. The van der Waals surface area contributed by atoms with Gasteiger partial charge in [0, 0.05) is 5.56 Å². The van der Waals surface area contributed by atoms with Crippen LogP contribution in [0.4, 0.5) is 5.13 Å². The highest BCUT2D eigenvalue weighted by Gasteiger charge is 2.48. The summed E-state index contributed by atoms with van der Waals surface area (Å²) in [5.41, 5.74) is 5.57. The third-order valence-corrected chi connectivity index (χ3v) is 8.23. The molecular weight excluding hydrogens is 484 g/mol. The van der Waals surface area contributed by atoms with Crippen LogP contribution in [0.2, 0.25) is 0 Å². The summed E-state index contributed by atoms with van der Waals surface area (Å²) < 4.78 is 6.36. The average molecular weight is 511 g/mol. The van der Waals surface area contributed by atoms with Crippen LogP contribution in [-0.4, -0.2) is 28.9 Å². The lowest BCUT2D eigenvalue weighted by Crippen LogP contribution is -2.29. The lowest BCUT2D eigenvalue weighted by Gasteiger charge is -2.23. The first kappa shape index (κ1) is 23.4. The Labute approximate surface area is 218 Å². The molecule has 0 radical (unpaired) electrons. The van der Waals surface area contributed by atoms with E-state index in [2.05, 4.69) is 0 Å². The molecule has 1 amide bonds. The first-order valence-electron chi connectivity index (χ1n) is 12.4. The normalized spacial score (nSPS) is 18.9. The van der Waals surface area contributed by atoms with Crippen molar-refractivity contribution in [3.8, 4) is 5.75 Å². The molecule has 0 bridgehead atoms. The number of carbonyl (C=O) groups is 2. The van der Waals surface area contributed by atoms with E-state index in [-0.39, 0.29) is 11.3 Å². The molecule has 2 heterocycles. The van der Waals surface area contributed by atoms with Gasteiger partial charge in [0.1, 0.15) is 11.5 Å². The van der Waals surface area contributed by atoms with E-state index in [9.17, 15) is 14.7 Å². The number of rotatable bonds is 4. The number of ketones is 1. The molecule has 37 heavy (non-hydrogen) atoms. The van der Waals surface area contributed by atoms with Crippen molar-refractivity contribution < 1.29 is 19.4 Å². The number of benzene rings is 3. The van der Waals surface area contributed by atoms with Crippen molar-refractivity contribution in [1.82, 2.24) is 4.98 Å². The van der Waals surface area contributed by atoms with Crippen LogP contribution in [-0.2, 0) is 22.4 Å². The van der Waals surface area contributed by atoms with E-state index >= 15 is 0 Å². The molecule has 1 aliphatic carbocycles. The number of aliphatic hydroxyl groups is 1. The van der Waals surface area contributed by atoms with Gasteiger partial charge in [0.25, 0.3) is 5.78 Å². The average Bonchev–Trinajstić information content (AvgIpc) is 3.45. The van der Waals surface area contributed by atoms with Gasteiger partial charge in [-0.1, -0.05) is 41.7 Å². The van der Waals surface area contributed by atoms with Crippen LogP contribution in [0.1, 0.15) is 46.7 Å². The number of thiazole rings is 1. The van der Waals surface area contributed by atoms with Crippen LogP contribution in [0.25, 0.3) is 16.0 Å². The predicted octanol–water partition coefficient (Wildman–Crippen LogP) is 6.12. The zero-order chi connectivity index (χ0) is 25.7. The fraction of sp³-hybridized carbons (Fsp3) is 0.233. The second-order valence-electron chi connectivity index (χ2n) is 9.60. The number of aromatic nitrogens is 1. The van der Waals surface area contributed by atoms with E-state index in [1.165, 1.54) is 27.4 Å². The number of hydrogen-bond donors (Lipinski definition) is 1. The molecule has 1 fully saturated rings. The van der Waals surface area contributed by atoms with Crippen molar-refractivity contribution >= 4 is 44.1 Å². The van der Waals surface area contributed by atoms with E-state index in [1.807, 2.05) is 55.5 Å². The van der Waals surface area contributed by atoms with Crippen molar-refractivity contribution in [2.45, 2.75) is 38.6 Å². The van der Waals surface area contributed by atoms with Gasteiger partial charge in [-0.2, -0.15) is 0 Å². The van der Waals surface area contributed by atoms with Gasteiger partial charge in [-0.15, -0.1) is 0 Å². The highest BCUT2D eigenvalue weighted by Crippen LogP contribution is 2.45. The Hall–Kier alpha value is -3.97. The summed E-state index contributed by atoms with van der Waals surface area (Å²) in [6.45, 7) is 2.00. The maximum Gasteiger partial charge on any atom is 0.301 e. The fourth-order valence-electron chi connectivity index (χ4n) is 5.32. The zero-order valence-electron chi connectivity index (χ0n) is 20.7. The number of anilines is 1. The first-order chi connectivity index (χ1) is 17.9. The smallest absolute Gasteiger partial charge is 0.301 e. The molecule has 6 nitrogen and oxygen atoms in total. The van der Waals surface area contributed by atoms with Crippen LogP contribution >= 0.6 is 11.3 Å². The number of nitrogens with zero attached hydrogens (tertiary/aromatic N) is 2. The van der Waals surface area contributed by atoms with Crippen LogP contribution in [0.15, 0.2) is 66.2 Å². The van der Waals surface area contributed by atoms with Gasteiger partial charge in [0.15, 0.2) is 5.13 Å². The van der Waals surface area contributed by atoms with Crippen molar-refractivity contribution in [3.05, 3.63) is 94.1 Å². The Bertz CT molecular complexity index is 1600. The van der Waals surface area contributed by atoms with Gasteiger partial charge in [-0.05, 0) is 85.2 Å². The summed E-state index contributed by atoms with van der Waals surface area (Å²) in [5.74, 6) is -1.00. The van der Waals surface area contributed by atoms with E-state index in [4.69, 9.17) is 9.72 Å². The molecule has 1 unspecified atom stereocenters. The molecule has 1 N–H and O–H groups in total. The highest BCUT2D eigenvalue weighted by molar-refractivity contribution is 7.22. The van der Waals surface area contributed by atoms with E-state index < -0.39 is 17.7 Å². The molecule has 3 aromatic carbocycles. The molecule has 0 saturated carbocycles. The van der Waals surface area contributed by atoms with Crippen LogP contribution in [0.5, 0.6) is 5.75 Å². The summed E-state index contributed by atoms with van der Waals surface area (Å²) in [4.78, 5) is 33.2. The lowest BCUT2D eigenvalue weighted by molar-refractivity contribution is -0.132. The summed E-state index contributed by atoms with van der Waals surface area (Å²) in [7, 11) is 1.57. The Balaban J connectivity index is 1.55. The van der Waals surface area contributed by atoms with Gasteiger partial charge in [-0.3, -0.25) is 14.5 Å². The van der Waals surface area contributed by atoms with Gasteiger partial charge in [0.05, 0.1) is 28.9 Å². The Morgan fingerprint density at radius 1 is 1.03 bits per heavy atom. The molecule has 1 saturated heterocycles. The molecule has 1 atom stereocenters. The number of ether oxygens (including phenoxy) is 1. The number of aliphatic hydroxyl groups excluding tert-OH is 1. The molecular formula is C30H26N2O4S. The van der Waals surface area contributed by atoms with E-state index in [0.717, 1.165) is 41.5 Å². The van der Waals surface area contributed by atoms with Crippen LogP contribution in [0.3, 0.4) is 0 Å². The number of methoxy groups -OCH3 is 1. The number of carbonyl (C=O) groups excluding carboxylic acids is 2. The quantitative estimate of drug-likeness (QED) is 0.203. The summed E-state index contributed by atoms with van der Waals surface area (Å²) in [6, 6.07) is 18.1. The second kappa shape index (κ2) is 9.16. The maximum absolute atomic E-state index is 13.5. The third kappa shape index (κ3) is 4.00. The molecule has 0 spiro atoms. The predicted molar refractivity (Wildman–Crippen MR) is 145 cm³/mol. The fourth-order valence-corrected chi connectivity index (χ4v) is 6.41. The first-order valence-corrected chi connectivity index (χ1v) is 13.2. The molecule has 186 valence electrons. The van der Waals surface area contributed by atoms with E-state index in [0.29, 0.717) is 22.0 Å². The van der Waals surface area contributed by atoms with E-state index in [1.54, 1.807) is 19.2 Å². The van der Waals surface area contributed by atoms with Gasteiger partial charge < -0.3 is 9.84 Å². The number of aryl methyl sites for hydroxylation is 3. The summed E-state index contributed by atoms with van der Waals surface area (Å²) in [5, 5.41) is 12.0. The minimum absolute atomic E-state index is 0.0597. The van der Waals surface area contributed by atoms with Crippen molar-refractivity contribution in [2.24, 2.45) is 0 Å². The molecule has 1 aliphatic heterocycles. The second-order valence-corrected chi connectivity index (χ2v) is 10.6. The van der Waals surface area contributed by atoms with Gasteiger partial charge in [0.2, 0.25) is 0 Å². The minimum atomic E-state index is -0.840. The molecule has 4 aromatic rings. The molecule has 2 aliphatic rings. The van der Waals surface area contributed by atoms with Crippen LogP contribution in [0, 0.1) is 6.92 Å². The van der Waals surface area contributed by atoms with Crippen LogP contribution < -0.4 is 9.64 Å². The van der Waals surface area contributed by atoms with Gasteiger partial charge in [-0.25, -0.2) is 4.98 Å². The zero-order valence-corrected chi connectivity index (χ0v) is 21.5. The highest BCUT2D eigenvalue weighted by atomic mass is 32.1. The van der Waals surface area contributed by atoms with Gasteiger partial charge >= 0.3 is 5.91 Å². The third-order valence-electron chi connectivity index (χ3n) is 7.21. The Morgan fingerprint density at radius 3 is 2.65 bits per heavy atom. The lowest BCUT2D eigenvalue weighted by atomic mass is 9.88. The minimum Gasteiger partial charge on any atom is -0.507 e. The largest absolute Gasteiger partial charge is 0.507 e. The SMILES string of the molecule is COc1cccc(C2/C(=C(\O)c3ccc4c(c3)CCCC4)C(=O)C(=O)N2c2nc3ccc(C)cc3s2)c1. The summed E-state index contributed by atoms with van der Waals surface area (Å²) >= 11 is 1.36. The maximum atomic E-state index is 13.5. The molecule has 6 rings (SSSR count).